The number of hydrazone groups is 1. The lowest BCUT2D eigenvalue weighted by Crippen LogP contribution is -2.19. The average molecular weight is 293 g/mol. The molecule has 2 rings (SSSR count). The van der Waals surface area contributed by atoms with Gasteiger partial charge in [-0.2, -0.15) is 10.4 Å². The molecule has 0 aliphatic heterocycles. The van der Waals surface area contributed by atoms with Crippen LogP contribution in [0.25, 0.3) is 0 Å². The number of hydrogen-bond donors (Lipinski definition) is 1. The number of nitrogens with zero attached hydrogens (tertiary/aromatic N) is 2. The summed E-state index contributed by atoms with van der Waals surface area (Å²) in [5.74, 6) is 0.447. The van der Waals surface area contributed by atoms with Crippen LogP contribution >= 0.6 is 0 Å². The summed E-state index contributed by atoms with van der Waals surface area (Å²) < 4.78 is 5.14. The summed E-state index contributed by atoms with van der Waals surface area (Å²) in [5, 5.41) is 12.3. The average Bonchev–Trinajstić information content (AvgIpc) is 2.55. The van der Waals surface area contributed by atoms with Crippen molar-refractivity contribution in [3.63, 3.8) is 0 Å². The van der Waals surface area contributed by atoms with E-state index in [-0.39, 0.29) is 12.5 Å². The molecule has 0 fully saturated rings. The minimum absolute atomic E-state index is 0.0168. The van der Waals surface area contributed by atoms with Crippen LogP contribution in [0.2, 0.25) is 0 Å². The van der Waals surface area contributed by atoms with Crippen LogP contribution in [0.1, 0.15) is 11.1 Å². The van der Waals surface area contributed by atoms with Crippen molar-refractivity contribution in [1.82, 2.24) is 5.43 Å². The first-order valence-electron chi connectivity index (χ1n) is 6.73. The molecule has 0 bridgehead atoms. The summed E-state index contributed by atoms with van der Waals surface area (Å²) in [5.41, 5.74) is 4.25. The lowest BCUT2D eigenvalue weighted by Gasteiger charge is -2.01. The van der Waals surface area contributed by atoms with E-state index in [0.717, 1.165) is 11.1 Å². The largest absolute Gasteiger partial charge is 0.479 e. The monoisotopic (exact) mass is 293 g/mol. The smallest absolute Gasteiger partial charge is 0.244 e. The Balaban J connectivity index is 1.82. The Bertz CT molecular complexity index is 673. The van der Waals surface area contributed by atoms with Crippen LogP contribution in [0.3, 0.4) is 0 Å². The van der Waals surface area contributed by atoms with Crippen molar-refractivity contribution in [2.24, 2.45) is 5.10 Å². The van der Waals surface area contributed by atoms with Gasteiger partial charge >= 0.3 is 0 Å². The van der Waals surface area contributed by atoms with Gasteiger partial charge in [0.15, 0.2) is 6.61 Å². The van der Waals surface area contributed by atoms with Crippen LogP contribution in [-0.4, -0.2) is 18.7 Å². The minimum Gasteiger partial charge on any atom is -0.479 e. The Morgan fingerprint density at radius 3 is 2.59 bits per heavy atom. The normalized spacial score (nSPS) is 10.1. The highest BCUT2D eigenvalue weighted by Gasteiger charge is 2.00. The molecule has 22 heavy (non-hydrogen) atoms. The van der Waals surface area contributed by atoms with Gasteiger partial charge < -0.3 is 4.74 Å². The van der Waals surface area contributed by atoms with E-state index < -0.39 is 0 Å². The first-order chi connectivity index (χ1) is 10.8. The van der Waals surface area contributed by atoms with Crippen LogP contribution in [-0.2, 0) is 11.2 Å². The van der Waals surface area contributed by atoms with Gasteiger partial charge in [-0.1, -0.05) is 30.3 Å². The third-order valence-electron chi connectivity index (χ3n) is 2.79. The number of carbonyl (C=O) groups excluding carboxylic acids is 1. The van der Waals surface area contributed by atoms with Gasteiger partial charge in [-0.05, 0) is 35.4 Å². The Hall–Kier alpha value is -3.13. The summed E-state index contributed by atoms with van der Waals surface area (Å²) in [6, 6.07) is 18.4. The highest BCUT2D eigenvalue weighted by atomic mass is 16.5. The number of nitriles is 1. The van der Waals surface area contributed by atoms with Gasteiger partial charge in [0.25, 0.3) is 0 Å². The fourth-order valence-electron chi connectivity index (χ4n) is 1.77. The molecule has 110 valence electrons. The van der Waals surface area contributed by atoms with E-state index in [2.05, 4.69) is 10.5 Å². The second-order valence-corrected chi connectivity index (χ2v) is 4.47. The molecule has 0 atom stereocenters. The standard InChI is InChI=1S/C17H15N3O2/c18-10-11-22-16-8-6-15(7-9-16)13-19-20-17(21)12-14-4-2-1-3-5-14/h1-9,13H,11-12H2,(H,20,21)/b19-13+. The summed E-state index contributed by atoms with van der Waals surface area (Å²) in [4.78, 5) is 11.7. The van der Waals surface area contributed by atoms with Crippen LogP contribution in [0.5, 0.6) is 5.75 Å². The molecule has 2 aromatic carbocycles. The zero-order valence-electron chi connectivity index (χ0n) is 11.9. The zero-order valence-corrected chi connectivity index (χ0v) is 11.9. The first kappa shape index (κ1) is 15.3. The third kappa shape index (κ3) is 5.10. The molecule has 0 unspecified atom stereocenters. The second kappa shape index (κ2) is 8.22. The van der Waals surface area contributed by atoms with Gasteiger partial charge in [-0.15, -0.1) is 0 Å². The van der Waals surface area contributed by atoms with Crippen molar-refractivity contribution < 1.29 is 9.53 Å². The fraction of sp³-hybridized carbons (Fsp3) is 0.118. The second-order valence-electron chi connectivity index (χ2n) is 4.47. The summed E-state index contributed by atoms with van der Waals surface area (Å²) in [6.45, 7) is 0.0168. The summed E-state index contributed by atoms with van der Waals surface area (Å²) in [7, 11) is 0. The number of ether oxygens (including phenoxy) is 1. The van der Waals surface area contributed by atoms with E-state index in [1.807, 2.05) is 36.4 Å². The first-order valence-corrected chi connectivity index (χ1v) is 6.73. The third-order valence-corrected chi connectivity index (χ3v) is 2.79. The van der Waals surface area contributed by atoms with Crippen molar-refractivity contribution in [3.8, 4) is 11.8 Å². The van der Waals surface area contributed by atoms with Crippen molar-refractivity contribution in [2.75, 3.05) is 6.61 Å². The van der Waals surface area contributed by atoms with Crippen LogP contribution < -0.4 is 10.2 Å². The number of carbonyl (C=O) groups is 1. The Kier molecular flexibility index (Phi) is 5.70. The lowest BCUT2D eigenvalue weighted by atomic mass is 10.1. The highest BCUT2D eigenvalue weighted by Crippen LogP contribution is 2.10. The molecule has 0 heterocycles. The minimum atomic E-state index is -0.170. The molecule has 2 aromatic rings. The van der Waals surface area contributed by atoms with Crippen molar-refractivity contribution in [2.45, 2.75) is 6.42 Å². The molecule has 5 heteroatoms. The van der Waals surface area contributed by atoms with Crippen LogP contribution in [0.15, 0.2) is 59.7 Å². The van der Waals surface area contributed by atoms with E-state index >= 15 is 0 Å². The van der Waals surface area contributed by atoms with Crippen LogP contribution in [0, 0.1) is 11.3 Å². The zero-order chi connectivity index (χ0) is 15.6. The molecule has 0 aromatic heterocycles. The van der Waals surface area contributed by atoms with Crippen molar-refractivity contribution in [3.05, 3.63) is 65.7 Å². The molecule has 1 amide bonds. The molecule has 5 nitrogen and oxygen atoms in total. The van der Waals surface area contributed by atoms with E-state index in [0.29, 0.717) is 12.2 Å². The highest BCUT2D eigenvalue weighted by molar-refractivity contribution is 5.83. The van der Waals surface area contributed by atoms with Crippen molar-refractivity contribution in [1.29, 1.82) is 5.26 Å². The Morgan fingerprint density at radius 1 is 1.18 bits per heavy atom. The SMILES string of the molecule is N#CCOc1ccc(/C=N/NC(=O)Cc2ccccc2)cc1. The Morgan fingerprint density at radius 2 is 1.91 bits per heavy atom. The van der Waals surface area contributed by atoms with E-state index in [1.165, 1.54) is 0 Å². The molecule has 1 N–H and O–H groups in total. The summed E-state index contributed by atoms with van der Waals surface area (Å²) >= 11 is 0. The maximum atomic E-state index is 11.7. The predicted molar refractivity (Wildman–Crippen MR) is 83.4 cm³/mol. The van der Waals surface area contributed by atoms with Gasteiger partial charge in [-0.25, -0.2) is 5.43 Å². The number of rotatable bonds is 6. The molecular formula is C17H15N3O2. The predicted octanol–water partition coefficient (Wildman–Crippen LogP) is 2.28. The molecule has 0 saturated carbocycles. The quantitative estimate of drug-likeness (QED) is 0.656. The van der Waals surface area contributed by atoms with Gasteiger partial charge in [0, 0.05) is 0 Å². The van der Waals surface area contributed by atoms with Gasteiger partial charge in [-0.3, -0.25) is 4.79 Å². The topological polar surface area (TPSA) is 74.5 Å². The fourth-order valence-corrected chi connectivity index (χ4v) is 1.77. The molecule has 0 spiro atoms. The molecular weight excluding hydrogens is 278 g/mol. The lowest BCUT2D eigenvalue weighted by molar-refractivity contribution is -0.120. The van der Waals surface area contributed by atoms with E-state index in [4.69, 9.17) is 10.00 Å². The maximum absolute atomic E-state index is 11.7. The van der Waals surface area contributed by atoms with E-state index in [1.54, 1.807) is 30.5 Å². The van der Waals surface area contributed by atoms with Crippen LogP contribution in [0.4, 0.5) is 0 Å². The maximum Gasteiger partial charge on any atom is 0.244 e. The molecule has 0 radical (unpaired) electrons. The van der Waals surface area contributed by atoms with Crippen molar-refractivity contribution >= 4 is 12.1 Å². The number of benzene rings is 2. The van der Waals surface area contributed by atoms with Gasteiger partial charge in [0.1, 0.15) is 11.8 Å². The Labute approximate surface area is 128 Å². The number of nitrogens with one attached hydrogen (secondary N) is 1. The van der Waals surface area contributed by atoms with E-state index in [9.17, 15) is 4.79 Å². The van der Waals surface area contributed by atoms with Gasteiger partial charge in [0.2, 0.25) is 5.91 Å². The number of amides is 1. The molecule has 0 aliphatic carbocycles. The summed E-state index contributed by atoms with van der Waals surface area (Å²) in [6.07, 6.45) is 1.84. The molecule has 0 aliphatic rings. The van der Waals surface area contributed by atoms with Gasteiger partial charge in [0.05, 0.1) is 12.6 Å². The number of hydrogen-bond acceptors (Lipinski definition) is 4. The molecule has 0 saturated heterocycles.